The van der Waals surface area contributed by atoms with Gasteiger partial charge in [0.1, 0.15) is 0 Å². The summed E-state index contributed by atoms with van der Waals surface area (Å²) >= 11 is 0. The van der Waals surface area contributed by atoms with Crippen molar-refractivity contribution in [1.82, 2.24) is 15.3 Å². The molecule has 2 rings (SSSR count). The molecule has 4 nitrogen and oxygen atoms in total. The van der Waals surface area contributed by atoms with Crippen molar-refractivity contribution < 1.29 is 4.79 Å². The Morgan fingerprint density at radius 2 is 1.64 bits per heavy atom. The van der Waals surface area contributed by atoms with Gasteiger partial charge in [-0.1, -0.05) is 29.8 Å². The van der Waals surface area contributed by atoms with Gasteiger partial charge in [0.05, 0.1) is 29.3 Å². The summed E-state index contributed by atoms with van der Waals surface area (Å²) in [6.07, 6.45) is 3.34. The molecular formula is C18H21N3O. The van der Waals surface area contributed by atoms with Crippen molar-refractivity contribution in [1.29, 1.82) is 0 Å². The van der Waals surface area contributed by atoms with Crippen LogP contribution >= 0.6 is 0 Å². The first-order valence-electron chi connectivity index (χ1n) is 7.29. The Morgan fingerprint density at radius 3 is 2.32 bits per heavy atom. The number of aromatic nitrogens is 2. The highest BCUT2D eigenvalue weighted by Gasteiger charge is 2.06. The Bertz CT molecular complexity index is 703. The second-order valence-electron chi connectivity index (χ2n) is 5.39. The highest BCUT2D eigenvalue weighted by atomic mass is 16.1. The zero-order valence-corrected chi connectivity index (χ0v) is 13.5. The molecule has 1 aromatic heterocycles. The Hall–Kier alpha value is -2.49. The lowest BCUT2D eigenvalue weighted by molar-refractivity contribution is -0.116. The molecule has 1 aromatic carbocycles. The zero-order chi connectivity index (χ0) is 16.1. The number of aryl methyl sites for hydroxylation is 4. The molecule has 1 heterocycles. The number of rotatable bonds is 4. The summed E-state index contributed by atoms with van der Waals surface area (Å²) in [5.41, 5.74) is 5.68. The SMILES string of the molecule is Cc1ccc(/C=C/C(=O)NCc2nc(C)c(C)nc2C)cc1. The molecule has 22 heavy (non-hydrogen) atoms. The molecule has 0 aliphatic heterocycles. The predicted octanol–water partition coefficient (Wildman–Crippen LogP) is 3.04. The summed E-state index contributed by atoms with van der Waals surface area (Å²) in [6, 6.07) is 8.01. The molecule has 114 valence electrons. The van der Waals surface area contributed by atoms with Crippen LogP contribution in [0.4, 0.5) is 0 Å². The highest BCUT2D eigenvalue weighted by Crippen LogP contribution is 2.07. The highest BCUT2D eigenvalue weighted by molar-refractivity contribution is 5.91. The first kappa shape index (κ1) is 15.9. The predicted molar refractivity (Wildman–Crippen MR) is 88.3 cm³/mol. The molecule has 0 aliphatic rings. The standard InChI is InChI=1S/C18H21N3O/c1-12-5-7-16(8-6-12)9-10-18(22)19-11-17-15(4)20-13(2)14(3)21-17/h5-10H,11H2,1-4H3,(H,19,22)/b10-9+. The van der Waals surface area contributed by atoms with Crippen LogP contribution < -0.4 is 5.32 Å². The van der Waals surface area contributed by atoms with Crippen LogP contribution in [-0.4, -0.2) is 15.9 Å². The van der Waals surface area contributed by atoms with Gasteiger partial charge in [-0.3, -0.25) is 14.8 Å². The van der Waals surface area contributed by atoms with Crippen LogP contribution in [0, 0.1) is 27.7 Å². The van der Waals surface area contributed by atoms with Crippen LogP contribution in [0.15, 0.2) is 30.3 Å². The first-order chi connectivity index (χ1) is 10.5. The van der Waals surface area contributed by atoms with Gasteiger partial charge in [0.2, 0.25) is 5.91 Å². The topological polar surface area (TPSA) is 54.9 Å². The van der Waals surface area contributed by atoms with Crippen LogP contribution in [0.25, 0.3) is 6.08 Å². The lowest BCUT2D eigenvalue weighted by atomic mass is 10.1. The number of carbonyl (C=O) groups excluding carboxylic acids is 1. The number of carbonyl (C=O) groups is 1. The molecule has 0 unspecified atom stereocenters. The van der Waals surface area contributed by atoms with Crippen LogP contribution in [0.5, 0.6) is 0 Å². The van der Waals surface area contributed by atoms with E-state index in [9.17, 15) is 4.79 Å². The Labute approximate surface area is 131 Å². The minimum absolute atomic E-state index is 0.139. The van der Waals surface area contributed by atoms with Crippen molar-refractivity contribution in [3.63, 3.8) is 0 Å². The fraction of sp³-hybridized carbons (Fsp3) is 0.278. The van der Waals surface area contributed by atoms with Gasteiger partial charge in [0.25, 0.3) is 0 Å². The van der Waals surface area contributed by atoms with Gasteiger partial charge in [-0.25, -0.2) is 0 Å². The van der Waals surface area contributed by atoms with Gasteiger partial charge >= 0.3 is 0 Å². The van der Waals surface area contributed by atoms with E-state index in [4.69, 9.17) is 0 Å². The van der Waals surface area contributed by atoms with E-state index in [0.717, 1.165) is 28.3 Å². The third kappa shape index (κ3) is 4.25. The molecule has 2 aromatic rings. The van der Waals surface area contributed by atoms with E-state index in [1.807, 2.05) is 52.0 Å². The average molecular weight is 295 g/mol. The average Bonchev–Trinajstić information content (AvgIpc) is 2.49. The van der Waals surface area contributed by atoms with E-state index in [0.29, 0.717) is 6.54 Å². The second kappa shape index (κ2) is 6.98. The molecule has 0 atom stereocenters. The number of hydrogen-bond donors (Lipinski definition) is 1. The monoisotopic (exact) mass is 295 g/mol. The van der Waals surface area contributed by atoms with Crippen molar-refractivity contribution in [2.75, 3.05) is 0 Å². The molecule has 4 heteroatoms. The van der Waals surface area contributed by atoms with Gasteiger partial charge < -0.3 is 5.32 Å². The number of amides is 1. The third-order valence-corrected chi connectivity index (χ3v) is 3.51. The molecule has 0 aliphatic carbocycles. The summed E-state index contributed by atoms with van der Waals surface area (Å²) in [7, 11) is 0. The lowest BCUT2D eigenvalue weighted by Gasteiger charge is -2.08. The van der Waals surface area contributed by atoms with Crippen LogP contribution in [0.3, 0.4) is 0 Å². The molecule has 0 bridgehead atoms. The van der Waals surface area contributed by atoms with E-state index < -0.39 is 0 Å². The van der Waals surface area contributed by atoms with Gasteiger partial charge in [-0.15, -0.1) is 0 Å². The molecule has 0 radical (unpaired) electrons. The number of hydrogen-bond acceptors (Lipinski definition) is 3. The Balaban J connectivity index is 1.95. The molecule has 0 saturated heterocycles. The minimum atomic E-state index is -0.139. The summed E-state index contributed by atoms with van der Waals surface area (Å²) in [5.74, 6) is -0.139. The van der Waals surface area contributed by atoms with Gasteiger partial charge in [-0.2, -0.15) is 0 Å². The quantitative estimate of drug-likeness (QED) is 0.882. The van der Waals surface area contributed by atoms with Crippen LogP contribution in [0.1, 0.15) is 33.9 Å². The minimum Gasteiger partial charge on any atom is -0.347 e. The molecule has 0 fully saturated rings. The van der Waals surface area contributed by atoms with Crippen LogP contribution in [-0.2, 0) is 11.3 Å². The van der Waals surface area contributed by atoms with Gasteiger partial charge in [0, 0.05) is 6.08 Å². The molecule has 1 amide bonds. The number of nitrogens with zero attached hydrogens (tertiary/aromatic N) is 2. The largest absolute Gasteiger partial charge is 0.347 e. The van der Waals surface area contributed by atoms with E-state index >= 15 is 0 Å². The zero-order valence-electron chi connectivity index (χ0n) is 13.5. The smallest absolute Gasteiger partial charge is 0.244 e. The maximum Gasteiger partial charge on any atom is 0.244 e. The lowest BCUT2D eigenvalue weighted by Crippen LogP contribution is -2.22. The van der Waals surface area contributed by atoms with Crippen molar-refractivity contribution in [2.45, 2.75) is 34.2 Å². The van der Waals surface area contributed by atoms with E-state index in [1.165, 1.54) is 11.6 Å². The normalized spacial score (nSPS) is 10.9. The van der Waals surface area contributed by atoms with Crippen LogP contribution in [0.2, 0.25) is 0 Å². The molecule has 0 spiro atoms. The summed E-state index contributed by atoms with van der Waals surface area (Å²) < 4.78 is 0. The maximum absolute atomic E-state index is 11.9. The van der Waals surface area contributed by atoms with Crippen molar-refractivity contribution in [2.24, 2.45) is 0 Å². The molecule has 1 N–H and O–H groups in total. The van der Waals surface area contributed by atoms with E-state index in [2.05, 4.69) is 15.3 Å². The molecule has 0 saturated carbocycles. The van der Waals surface area contributed by atoms with Crippen molar-refractivity contribution >= 4 is 12.0 Å². The summed E-state index contributed by atoms with van der Waals surface area (Å²) in [4.78, 5) is 20.8. The van der Waals surface area contributed by atoms with Crippen molar-refractivity contribution in [3.05, 3.63) is 64.2 Å². The summed E-state index contributed by atoms with van der Waals surface area (Å²) in [5, 5.41) is 2.84. The van der Waals surface area contributed by atoms with E-state index in [-0.39, 0.29) is 5.91 Å². The van der Waals surface area contributed by atoms with E-state index in [1.54, 1.807) is 6.08 Å². The first-order valence-corrected chi connectivity index (χ1v) is 7.29. The second-order valence-corrected chi connectivity index (χ2v) is 5.39. The Kier molecular flexibility index (Phi) is 5.04. The third-order valence-electron chi connectivity index (χ3n) is 3.51. The van der Waals surface area contributed by atoms with Crippen molar-refractivity contribution in [3.8, 4) is 0 Å². The number of benzene rings is 1. The van der Waals surface area contributed by atoms with Gasteiger partial charge in [-0.05, 0) is 39.3 Å². The number of nitrogens with one attached hydrogen (secondary N) is 1. The fourth-order valence-electron chi connectivity index (χ4n) is 2.01. The summed E-state index contributed by atoms with van der Waals surface area (Å²) in [6.45, 7) is 8.18. The fourth-order valence-corrected chi connectivity index (χ4v) is 2.01. The maximum atomic E-state index is 11.9. The Morgan fingerprint density at radius 1 is 1.00 bits per heavy atom. The molecular weight excluding hydrogens is 274 g/mol. The van der Waals surface area contributed by atoms with Gasteiger partial charge in [0.15, 0.2) is 0 Å².